The van der Waals surface area contributed by atoms with Crippen LogP contribution in [-0.2, 0) is 6.42 Å². The molecule has 1 aromatic carbocycles. The Morgan fingerprint density at radius 1 is 1.33 bits per heavy atom. The minimum Gasteiger partial charge on any atom is -0.391 e. The Hall–Kier alpha value is -1.02. The lowest BCUT2D eigenvalue weighted by atomic mass is 9.87. The van der Waals surface area contributed by atoms with E-state index < -0.39 is 0 Å². The third-order valence-corrected chi connectivity index (χ3v) is 3.50. The third-order valence-electron chi connectivity index (χ3n) is 3.50. The Bertz CT molecular complexity index is 420. The summed E-state index contributed by atoms with van der Waals surface area (Å²) >= 11 is 0. The first kappa shape index (κ1) is 13.4. The number of benzene rings is 1. The maximum absolute atomic E-state index is 9.62. The zero-order valence-electron chi connectivity index (χ0n) is 12.0. The summed E-state index contributed by atoms with van der Waals surface area (Å²) in [5.41, 5.74) is 4.34. The van der Waals surface area contributed by atoms with Gasteiger partial charge in [-0.05, 0) is 42.4 Å². The minimum absolute atomic E-state index is 0.154. The number of β-amino-alcohol motifs (C(OH)–C–C–N with tert-alkyl or cyclic N) is 1. The van der Waals surface area contributed by atoms with E-state index in [1.807, 2.05) is 0 Å². The van der Waals surface area contributed by atoms with E-state index in [2.05, 4.69) is 50.8 Å². The summed E-state index contributed by atoms with van der Waals surface area (Å²) in [6.07, 6.45) is 1.85. The van der Waals surface area contributed by atoms with E-state index in [1.54, 1.807) is 0 Å². The molecule has 0 bridgehead atoms. The van der Waals surface area contributed by atoms with Gasteiger partial charge in [-0.2, -0.15) is 0 Å². The topological polar surface area (TPSA) is 23.5 Å². The Kier molecular flexibility index (Phi) is 3.67. The molecule has 1 aromatic rings. The number of nitrogens with zero attached hydrogens (tertiary/aromatic N) is 1. The van der Waals surface area contributed by atoms with Gasteiger partial charge in [0.05, 0.1) is 6.10 Å². The van der Waals surface area contributed by atoms with Gasteiger partial charge in [0.1, 0.15) is 0 Å². The maximum atomic E-state index is 9.62. The first-order chi connectivity index (χ1) is 8.35. The molecule has 1 heterocycles. The zero-order valence-corrected chi connectivity index (χ0v) is 12.0. The van der Waals surface area contributed by atoms with Gasteiger partial charge in [-0.1, -0.05) is 32.9 Å². The molecular formula is C16H25NO. The van der Waals surface area contributed by atoms with Crippen LogP contribution >= 0.6 is 0 Å². The van der Waals surface area contributed by atoms with E-state index in [-0.39, 0.29) is 6.10 Å². The van der Waals surface area contributed by atoms with Gasteiger partial charge >= 0.3 is 0 Å². The molecule has 0 saturated carbocycles. The van der Waals surface area contributed by atoms with Crippen molar-refractivity contribution in [3.8, 4) is 0 Å². The fraction of sp³-hybridized carbons (Fsp3) is 0.625. The van der Waals surface area contributed by atoms with E-state index >= 15 is 0 Å². The van der Waals surface area contributed by atoms with Crippen molar-refractivity contribution >= 4 is 5.69 Å². The molecule has 1 N–H and O–H groups in total. The van der Waals surface area contributed by atoms with Crippen LogP contribution in [0.15, 0.2) is 18.2 Å². The highest BCUT2D eigenvalue weighted by Crippen LogP contribution is 2.28. The van der Waals surface area contributed by atoms with E-state index in [1.165, 1.54) is 16.8 Å². The van der Waals surface area contributed by atoms with Crippen LogP contribution < -0.4 is 4.90 Å². The molecule has 100 valence electrons. The molecule has 1 fully saturated rings. The highest BCUT2D eigenvalue weighted by Gasteiger charge is 2.21. The van der Waals surface area contributed by atoms with Gasteiger partial charge in [-0.15, -0.1) is 0 Å². The number of anilines is 1. The van der Waals surface area contributed by atoms with Crippen molar-refractivity contribution < 1.29 is 5.11 Å². The standard InChI is InChI=1S/C16H25NO/c1-12-9-13(10-16(2,3)4)5-6-15(12)17-8-7-14(18)11-17/h5-6,9,14,18H,7-8,10-11H2,1-4H3. The van der Waals surface area contributed by atoms with Gasteiger partial charge in [0.2, 0.25) is 0 Å². The largest absolute Gasteiger partial charge is 0.391 e. The number of hydrogen-bond donors (Lipinski definition) is 1. The molecule has 1 saturated heterocycles. The quantitative estimate of drug-likeness (QED) is 0.868. The van der Waals surface area contributed by atoms with Crippen molar-refractivity contribution in [2.45, 2.75) is 46.6 Å². The SMILES string of the molecule is Cc1cc(CC(C)(C)C)ccc1N1CCC(O)C1. The number of rotatable bonds is 2. The van der Waals surface area contributed by atoms with E-state index in [0.717, 1.165) is 25.9 Å². The fourth-order valence-corrected chi connectivity index (χ4v) is 2.76. The second-order valence-electron chi connectivity index (χ2n) is 6.75. The average Bonchev–Trinajstić information content (AvgIpc) is 2.62. The zero-order chi connectivity index (χ0) is 13.3. The van der Waals surface area contributed by atoms with Crippen molar-refractivity contribution in [3.05, 3.63) is 29.3 Å². The molecule has 0 aliphatic carbocycles. The first-order valence-corrected chi connectivity index (χ1v) is 6.88. The van der Waals surface area contributed by atoms with Gasteiger partial charge in [-0.3, -0.25) is 0 Å². The van der Waals surface area contributed by atoms with Crippen molar-refractivity contribution in [1.29, 1.82) is 0 Å². The van der Waals surface area contributed by atoms with Gasteiger partial charge in [0.15, 0.2) is 0 Å². The van der Waals surface area contributed by atoms with Crippen LogP contribution in [0.2, 0.25) is 0 Å². The third kappa shape index (κ3) is 3.26. The van der Waals surface area contributed by atoms with E-state index in [0.29, 0.717) is 5.41 Å². The van der Waals surface area contributed by atoms with Crippen LogP contribution in [-0.4, -0.2) is 24.3 Å². The highest BCUT2D eigenvalue weighted by molar-refractivity contribution is 5.55. The summed E-state index contributed by atoms with van der Waals surface area (Å²) in [6, 6.07) is 6.75. The van der Waals surface area contributed by atoms with Gasteiger partial charge in [-0.25, -0.2) is 0 Å². The summed E-state index contributed by atoms with van der Waals surface area (Å²) in [4.78, 5) is 2.29. The molecule has 2 nitrogen and oxygen atoms in total. The Balaban J connectivity index is 2.15. The molecule has 1 aliphatic rings. The van der Waals surface area contributed by atoms with Crippen LogP contribution in [0.1, 0.15) is 38.3 Å². The summed E-state index contributed by atoms with van der Waals surface area (Å²) in [7, 11) is 0. The predicted molar refractivity (Wildman–Crippen MR) is 77.2 cm³/mol. The summed E-state index contributed by atoms with van der Waals surface area (Å²) < 4.78 is 0. The molecule has 2 rings (SSSR count). The van der Waals surface area contributed by atoms with Gasteiger partial charge < -0.3 is 10.0 Å². The molecule has 1 aliphatic heterocycles. The number of aliphatic hydroxyl groups is 1. The molecule has 0 aromatic heterocycles. The van der Waals surface area contributed by atoms with Crippen LogP contribution in [0.3, 0.4) is 0 Å². The van der Waals surface area contributed by atoms with Gasteiger partial charge in [0.25, 0.3) is 0 Å². The lowest BCUT2D eigenvalue weighted by molar-refractivity contribution is 0.198. The maximum Gasteiger partial charge on any atom is 0.0731 e. The monoisotopic (exact) mass is 247 g/mol. The van der Waals surface area contributed by atoms with Crippen molar-refractivity contribution in [2.75, 3.05) is 18.0 Å². The molecule has 0 amide bonds. The first-order valence-electron chi connectivity index (χ1n) is 6.88. The molecule has 2 heteroatoms. The molecule has 0 spiro atoms. The second kappa shape index (κ2) is 4.93. The highest BCUT2D eigenvalue weighted by atomic mass is 16.3. The lowest BCUT2D eigenvalue weighted by Gasteiger charge is -2.23. The van der Waals surface area contributed by atoms with Crippen LogP contribution in [0, 0.1) is 12.3 Å². The smallest absolute Gasteiger partial charge is 0.0731 e. The summed E-state index contributed by atoms with van der Waals surface area (Å²) in [5, 5.41) is 9.62. The van der Waals surface area contributed by atoms with E-state index in [4.69, 9.17) is 0 Å². The van der Waals surface area contributed by atoms with Crippen molar-refractivity contribution in [3.63, 3.8) is 0 Å². The normalized spacial score (nSPS) is 20.5. The van der Waals surface area contributed by atoms with Crippen LogP contribution in [0.4, 0.5) is 5.69 Å². The molecule has 0 radical (unpaired) electrons. The number of aliphatic hydroxyl groups excluding tert-OH is 1. The Morgan fingerprint density at radius 2 is 2.06 bits per heavy atom. The summed E-state index contributed by atoms with van der Waals surface area (Å²) in [6.45, 7) is 10.7. The van der Waals surface area contributed by atoms with Crippen LogP contribution in [0.5, 0.6) is 0 Å². The molecule has 1 unspecified atom stereocenters. The lowest BCUT2D eigenvalue weighted by Crippen LogP contribution is -2.22. The second-order valence-corrected chi connectivity index (χ2v) is 6.75. The molecule has 18 heavy (non-hydrogen) atoms. The van der Waals surface area contributed by atoms with Crippen molar-refractivity contribution in [2.24, 2.45) is 5.41 Å². The summed E-state index contributed by atoms with van der Waals surface area (Å²) in [5.74, 6) is 0. The minimum atomic E-state index is -0.154. The number of aryl methyl sites for hydroxylation is 1. The van der Waals surface area contributed by atoms with E-state index in [9.17, 15) is 5.11 Å². The molecule has 1 atom stereocenters. The number of hydrogen-bond acceptors (Lipinski definition) is 2. The van der Waals surface area contributed by atoms with Crippen LogP contribution in [0.25, 0.3) is 0 Å². The Morgan fingerprint density at radius 3 is 2.56 bits per heavy atom. The average molecular weight is 247 g/mol. The molecular weight excluding hydrogens is 222 g/mol. The predicted octanol–water partition coefficient (Wildman–Crippen LogP) is 3.15. The van der Waals surface area contributed by atoms with Gasteiger partial charge in [0, 0.05) is 18.8 Å². The fourth-order valence-electron chi connectivity index (χ4n) is 2.76. The Labute approximate surface area is 111 Å². The van der Waals surface area contributed by atoms with Crippen molar-refractivity contribution in [1.82, 2.24) is 0 Å².